The van der Waals surface area contributed by atoms with E-state index in [1.165, 1.54) is 18.9 Å². The Kier molecular flexibility index (Phi) is 3.98. The topological polar surface area (TPSA) is 89.5 Å². The van der Waals surface area contributed by atoms with Gasteiger partial charge in [0.2, 0.25) is 0 Å². The highest BCUT2D eigenvalue weighted by molar-refractivity contribution is 7.99. The van der Waals surface area contributed by atoms with Gasteiger partial charge < -0.3 is 14.6 Å². The number of carbonyl (C=O) groups excluding carboxylic acids is 1. The van der Waals surface area contributed by atoms with Crippen LogP contribution >= 0.6 is 23.4 Å². The third-order valence-corrected chi connectivity index (χ3v) is 4.05. The molecule has 0 bridgehead atoms. The molecule has 0 radical (unpaired) electrons. The van der Waals surface area contributed by atoms with Crippen LogP contribution in [-0.2, 0) is 14.4 Å². The number of methoxy groups -OCH3 is 1. The summed E-state index contributed by atoms with van der Waals surface area (Å²) >= 11 is 7.34. The Morgan fingerprint density at radius 2 is 2.52 bits per heavy atom. The van der Waals surface area contributed by atoms with E-state index in [9.17, 15) is 4.79 Å². The predicted molar refractivity (Wildman–Crippen MR) is 78.6 cm³/mol. The zero-order valence-corrected chi connectivity index (χ0v) is 12.6. The molecule has 9 heteroatoms. The van der Waals surface area contributed by atoms with E-state index >= 15 is 0 Å². The summed E-state index contributed by atoms with van der Waals surface area (Å²) in [4.78, 5) is 28.1. The number of nitrogens with zero attached hydrogens (tertiary/aromatic N) is 3. The van der Waals surface area contributed by atoms with Crippen LogP contribution in [-0.4, -0.2) is 45.6 Å². The second-order valence-corrected chi connectivity index (χ2v) is 5.78. The first-order chi connectivity index (χ1) is 10.2. The van der Waals surface area contributed by atoms with E-state index in [-0.39, 0.29) is 6.10 Å². The van der Waals surface area contributed by atoms with Gasteiger partial charge in [-0.25, -0.2) is 14.8 Å². The van der Waals surface area contributed by atoms with Crippen LogP contribution in [0.25, 0.3) is 11.2 Å². The number of rotatable bonds is 4. The number of esters is 1. The largest absolute Gasteiger partial charge is 0.464 e. The first-order valence-corrected chi connectivity index (χ1v) is 7.47. The smallest absolute Gasteiger partial charge is 0.355 e. The van der Waals surface area contributed by atoms with Crippen molar-refractivity contribution in [3.63, 3.8) is 0 Å². The van der Waals surface area contributed by atoms with E-state index in [0.29, 0.717) is 28.6 Å². The van der Waals surface area contributed by atoms with Crippen molar-refractivity contribution in [2.45, 2.75) is 17.7 Å². The molecule has 0 saturated heterocycles. The number of ether oxygens (including phenoxy) is 1. The maximum atomic E-state index is 11.3. The van der Waals surface area contributed by atoms with Crippen LogP contribution in [0.3, 0.4) is 0 Å². The van der Waals surface area contributed by atoms with Crippen LogP contribution in [0.15, 0.2) is 22.6 Å². The number of hydrogen-bond donors (Lipinski definition) is 1. The Morgan fingerprint density at radius 1 is 1.67 bits per heavy atom. The van der Waals surface area contributed by atoms with Gasteiger partial charge in [-0.05, 0) is 6.07 Å². The highest BCUT2D eigenvalue weighted by Crippen LogP contribution is 2.24. The van der Waals surface area contributed by atoms with Crippen molar-refractivity contribution >= 4 is 46.2 Å². The van der Waals surface area contributed by atoms with Crippen LogP contribution in [0, 0.1) is 0 Å². The van der Waals surface area contributed by atoms with Crippen molar-refractivity contribution in [1.82, 2.24) is 15.0 Å². The molecule has 110 valence electrons. The van der Waals surface area contributed by atoms with Crippen LogP contribution in [0.1, 0.15) is 6.42 Å². The molecule has 21 heavy (non-hydrogen) atoms. The van der Waals surface area contributed by atoms with Crippen molar-refractivity contribution in [2.75, 3.05) is 12.9 Å². The summed E-state index contributed by atoms with van der Waals surface area (Å²) in [6.07, 6.45) is 1.81. The van der Waals surface area contributed by atoms with E-state index in [0.717, 1.165) is 10.7 Å². The van der Waals surface area contributed by atoms with E-state index in [1.54, 1.807) is 12.3 Å². The molecule has 0 fully saturated rings. The standard InChI is InChI=1S/C12H11ClN4O3S/c1-19-11(18)9-3-7(20-17-9)5-21-12-15-8-2-6(13)4-14-10(8)16-12/h2,4,7H,3,5H2,1H3,(H,14,15,16)/t7-/m1/s1. The third kappa shape index (κ3) is 3.11. The number of oxime groups is 1. The van der Waals surface area contributed by atoms with Gasteiger partial charge in [0.25, 0.3) is 0 Å². The SMILES string of the molecule is COC(=O)C1=NO[C@@H](CSc2nc3ncc(Cl)cc3[nH]2)C1. The zero-order chi connectivity index (χ0) is 14.8. The summed E-state index contributed by atoms with van der Waals surface area (Å²) in [6, 6.07) is 1.77. The maximum absolute atomic E-state index is 11.3. The van der Waals surface area contributed by atoms with Crippen molar-refractivity contribution in [2.24, 2.45) is 5.16 Å². The molecule has 0 aliphatic carbocycles. The van der Waals surface area contributed by atoms with Gasteiger partial charge in [-0.1, -0.05) is 28.5 Å². The van der Waals surface area contributed by atoms with Crippen LogP contribution < -0.4 is 0 Å². The van der Waals surface area contributed by atoms with Crippen LogP contribution in [0.4, 0.5) is 0 Å². The number of pyridine rings is 1. The number of H-pyrrole nitrogens is 1. The molecule has 1 aliphatic rings. The Hall–Kier alpha value is -1.80. The Bertz CT molecular complexity index is 718. The Morgan fingerprint density at radius 3 is 3.33 bits per heavy atom. The molecule has 0 spiro atoms. The second kappa shape index (κ2) is 5.90. The van der Waals surface area contributed by atoms with Gasteiger partial charge in [0.05, 0.1) is 17.6 Å². The minimum absolute atomic E-state index is 0.172. The van der Waals surface area contributed by atoms with E-state index in [2.05, 4.69) is 24.8 Å². The van der Waals surface area contributed by atoms with Gasteiger partial charge in [0.15, 0.2) is 16.5 Å². The molecule has 1 aliphatic heterocycles. The maximum Gasteiger partial charge on any atom is 0.355 e. The van der Waals surface area contributed by atoms with Gasteiger partial charge in [-0.3, -0.25) is 0 Å². The van der Waals surface area contributed by atoms with Gasteiger partial charge in [-0.15, -0.1) is 0 Å². The number of nitrogens with one attached hydrogen (secondary N) is 1. The van der Waals surface area contributed by atoms with E-state index < -0.39 is 5.97 Å². The van der Waals surface area contributed by atoms with Crippen LogP contribution in [0.5, 0.6) is 0 Å². The molecule has 3 heterocycles. The van der Waals surface area contributed by atoms with Crippen molar-refractivity contribution < 1.29 is 14.4 Å². The monoisotopic (exact) mass is 326 g/mol. The summed E-state index contributed by atoms with van der Waals surface area (Å²) in [5.41, 5.74) is 1.70. The molecule has 0 saturated carbocycles. The number of halogens is 1. The second-order valence-electron chi connectivity index (χ2n) is 4.34. The van der Waals surface area contributed by atoms with Crippen LogP contribution in [0.2, 0.25) is 5.02 Å². The third-order valence-electron chi connectivity index (χ3n) is 2.84. The first kappa shape index (κ1) is 14.2. The normalized spacial score (nSPS) is 17.6. The van der Waals surface area contributed by atoms with Crippen molar-refractivity contribution in [3.05, 3.63) is 17.3 Å². The molecule has 7 nitrogen and oxygen atoms in total. The lowest BCUT2D eigenvalue weighted by molar-refractivity contribution is -0.132. The number of aromatic nitrogens is 3. The van der Waals surface area contributed by atoms with E-state index in [1.807, 2.05) is 0 Å². The minimum atomic E-state index is -0.454. The summed E-state index contributed by atoms with van der Waals surface area (Å²) in [7, 11) is 1.32. The summed E-state index contributed by atoms with van der Waals surface area (Å²) < 4.78 is 4.60. The van der Waals surface area contributed by atoms with Gasteiger partial charge in [0.1, 0.15) is 6.10 Å². The number of fused-ring (bicyclic) bond motifs is 1. The molecule has 0 amide bonds. The highest BCUT2D eigenvalue weighted by Gasteiger charge is 2.27. The number of hydrogen-bond acceptors (Lipinski definition) is 7. The van der Waals surface area contributed by atoms with Crippen molar-refractivity contribution in [3.8, 4) is 0 Å². The molecule has 1 atom stereocenters. The molecule has 0 unspecified atom stereocenters. The molecular weight excluding hydrogens is 316 g/mol. The average molecular weight is 327 g/mol. The molecule has 0 aromatic carbocycles. The van der Waals surface area contributed by atoms with E-state index in [4.69, 9.17) is 16.4 Å². The zero-order valence-electron chi connectivity index (χ0n) is 11.0. The molecule has 3 rings (SSSR count). The van der Waals surface area contributed by atoms with Crippen molar-refractivity contribution in [1.29, 1.82) is 0 Å². The number of aromatic amines is 1. The fourth-order valence-corrected chi connectivity index (χ4v) is 2.86. The van der Waals surface area contributed by atoms with Gasteiger partial charge in [-0.2, -0.15) is 0 Å². The molecular formula is C12H11ClN4O3S. The quantitative estimate of drug-likeness (QED) is 0.683. The first-order valence-electron chi connectivity index (χ1n) is 6.11. The number of imidazole rings is 1. The molecule has 2 aromatic rings. The fraction of sp³-hybridized carbons (Fsp3) is 0.333. The lowest BCUT2D eigenvalue weighted by Crippen LogP contribution is -2.17. The lowest BCUT2D eigenvalue weighted by Gasteiger charge is -2.05. The predicted octanol–water partition coefficient (Wildman–Crippen LogP) is 2.02. The summed E-state index contributed by atoms with van der Waals surface area (Å²) in [6.45, 7) is 0. The fourth-order valence-electron chi connectivity index (χ4n) is 1.85. The lowest BCUT2D eigenvalue weighted by atomic mass is 10.2. The highest BCUT2D eigenvalue weighted by atomic mass is 35.5. The number of thioether (sulfide) groups is 1. The minimum Gasteiger partial charge on any atom is -0.464 e. The Balaban J connectivity index is 1.59. The molecule has 1 N–H and O–H groups in total. The number of carbonyl (C=O) groups is 1. The van der Waals surface area contributed by atoms with Gasteiger partial charge in [0, 0.05) is 18.4 Å². The molecule has 2 aromatic heterocycles. The Labute approximate surface area is 129 Å². The van der Waals surface area contributed by atoms with Gasteiger partial charge >= 0.3 is 5.97 Å². The average Bonchev–Trinajstić information content (AvgIpc) is 3.10. The summed E-state index contributed by atoms with van der Waals surface area (Å²) in [5, 5.41) is 4.99. The summed E-state index contributed by atoms with van der Waals surface area (Å²) in [5.74, 6) is 0.155.